The van der Waals surface area contributed by atoms with Gasteiger partial charge in [0.15, 0.2) is 4.90 Å². The molecule has 4 aliphatic rings. The van der Waals surface area contributed by atoms with Crippen molar-refractivity contribution >= 4 is 15.7 Å². The average Bonchev–Trinajstić information content (AvgIpc) is 3.45. The van der Waals surface area contributed by atoms with Crippen molar-refractivity contribution in [1.29, 1.82) is 0 Å². The third-order valence-electron chi connectivity index (χ3n) is 7.28. The Bertz CT molecular complexity index is 1110. The number of ether oxygens (including phenoxy) is 2. The van der Waals surface area contributed by atoms with Gasteiger partial charge in [-0.25, -0.2) is 13.1 Å². The summed E-state index contributed by atoms with van der Waals surface area (Å²) in [6, 6.07) is 2.49. The first kappa shape index (κ1) is 21.7. The van der Waals surface area contributed by atoms with E-state index in [1.54, 1.807) is 11.8 Å². The van der Waals surface area contributed by atoms with Gasteiger partial charge in [0.05, 0.1) is 30.6 Å². The first-order chi connectivity index (χ1) is 15.0. The molecule has 1 atom stereocenters. The molecule has 2 aliphatic carbocycles. The summed E-state index contributed by atoms with van der Waals surface area (Å²) in [6.07, 6.45) is 7.80. The van der Waals surface area contributed by atoms with Crippen LogP contribution in [0.25, 0.3) is 0 Å². The van der Waals surface area contributed by atoms with E-state index in [1.807, 2.05) is 0 Å². The molecule has 0 bridgehead atoms. The molecule has 1 unspecified atom stereocenters. The largest absolute Gasteiger partial charge is 0.475 e. The van der Waals surface area contributed by atoms with E-state index in [-0.39, 0.29) is 24.5 Å². The molecular formula is C23H32N4O4S. The zero-order valence-electron chi connectivity index (χ0n) is 17.8. The molecule has 3 heterocycles. The lowest BCUT2D eigenvalue weighted by Crippen LogP contribution is -2.59. The van der Waals surface area contributed by atoms with Gasteiger partial charge in [0.25, 0.3) is 10.0 Å². The van der Waals surface area contributed by atoms with E-state index >= 15 is 0 Å². The molecule has 32 heavy (non-hydrogen) atoms. The summed E-state index contributed by atoms with van der Waals surface area (Å²) in [5.74, 6) is 0.344. The van der Waals surface area contributed by atoms with E-state index in [2.05, 4.69) is 20.8 Å². The Morgan fingerprint density at radius 2 is 1.78 bits per heavy atom. The number of sulfonamides is 1. The molecular weight excluding hydrogens is 428 g/mol. The number of nitrogens with one attached hydrogen (secondary N) is 1. The van der Waals surface area contributed by atoms with Crippen LogP contribution in [-0.4, -0.2) is 62.1 Å². The Hall–Kier alpha value is -2.10. The lowest BCUT2D eigenvalue weighted by atomic mass is 9.99. The Morgan fingerprint density at radius 1 is 1.09 bits per heavy atom. The van der Waals surface area contributed by atoms with Crippen LogP contribution in [0.1, 0.15) is 42.5 Å². The number of likely N-dealkylation sites (tertiary alicyclic amines) is 1. The maximum Gasteiger partial charge on any atom is 0.268 e. The third-order valence-corrected chi connectivity index (χ3v) is 8.61. The van der Waals surface area contributed by atoms with Crippen LogP contribution >= 0.6 is 0 Å². The van der Waals surface area contributed by atoms with E-state index in [4.69, 9.17) is 9.47 Å². The highest BCUT2D eigenvalue weighted by Gasteiger charge is 2.38. The van der Waals surface area contributed by atoms with Gasteiger partial charge >= 0.3 is 0 Å². The molecule has 0 saturated carbocycles. The fourth-order valence-electron chi connectivity index (χ4n) is 5.51. The van der Waals surface area contributed by atoms with Crippen LogP contribution in [0, 0.1) is 0 Å². The first-order valence-electron chi connectivity index (χ1n) is 11.2. The summed E-state index contributed by atoms with van der Waals surface area (Å²) in [7, 11) is -2.06. The van der Waals surface area contributed by atoms with Gasteiger partial charge in [-0.3, -0.25) is 9.62 Å². The van der Waals surface area contributed by atoms with E-state index in [9.17, 15) is 8.42 Å². The second-order valence-corrected chi connectivity index (χ2v) is 10.8. The number of aromatic nitrogens is 2. The molecule has 1 fully saturated rings. The molecule has 0 radical (unpaired) electrons. The normalized spacial score (nSPS) is 22.3. The smallest absolute Gasteiger partial charge is 0.268 e. The highest BCUT2D eigenvalue weighted by atomic mass is 32.2. The molecule has 0 amide bonds. The van der Waals surface area contributed by atoms with E-state index in [0.717, 1.165) is 57.3 Å². The van der Waals surface area contributed by atoms with Crippen LogP contribution in [-0.2, 0) is 47.0 Å². The maximum atomic E-state index is 13.4. The highest BCUT2D eigenvalue weighted by Crippen LogP contribution is 2.40. The van der Waals surface area contributed by atoms with Gasteiger partial charge in [-0.15, -0.1) is 0 Å². The van der Waals surface area contributed by atoms with Crippen molar-refractivity contribution in [2.45, 2.75) is 69.5 Å². The Kier molecular flexibility index (Phi) is 5.46. The van der Waals surface area contributed by atoms with Crippen LogP contribution in [0.15, 0.2) is 17.2 Å². The minimum atomic E-state index is -3.79. The third kappa shape index (κ3) is 3.41. The monoisotopic (exact) mass is 460 g/mol. The van der Waals surface area contributed by atoms with Crippen LogP contribution < -0.4 is 9.46 Å². The average molecular weight is 461 g/mol. The van der Waals surface area contributed by atoms with Crippen molar-refractivity contribution in [3.05, 3.63) is 34.5 Å². The molecule has 2 aromatic rings. The topological polar surface area (TPSA) is 85.7 Å². The second-order valence-electron chi connectivity index (χ2n) is 9.11. The van der Waals surface area contributed by atoms with Crippen molar-refractivity contribution in [1.82, 2.24) is 14.7 Å². The van der Waals surface area contributed by atoms with Gasteiger partial charge in [0, 0.05) is 20.2 Å². The van der Waals surface area contributed by atoms with Gasteiger partial charge in [-0.1, -0.05) is 13.5 Å². The van der Waals surface area contributed by atoms with E-state index < -0.39 is 10.0 Å². The zero-order valence-corrected chi connectivity index (χ0v) is 18.6. The fraction of sp³-hybridized carbons (Fsp3) is 0.609. The molecule has 6 rings (SSSR count). The van der Waals surface area contributed by atoms with Crippen molar-refractivity contribution in [2.24, 2.45) is 0 Å². The van der Waals surface area contributed by atoms with Crippen molar-refractivity contribution in [2.75, 3.05) is 31.5 Å². The maximum absolute atomic E-state index is 13.4. The minimum absolute atomic E-state index is 0. The summed E-state index contributed by atoms with van der Waals surface area (Å²) in [5.41, 5.74) is 5.78. The second kappa shape index (κ2) is 8.04. The Labute approximate surface area is 189 Å². The molecule has 1 N–H and O–H groups in total. The minimum Gasteiger partial charge on any atom is -0.475 e. The van der Waals surface area contributed by atoms with Crippen LogP contribution in [0.3, 0.4) is 0 Å². The number of hydrogen-bond donors (Lipinski definition) is 1. The number of benzene rings is 1. The van der Waals surface area contributed by atoms with Gasteiger partial charge in [0.2, 0.25) is 5.88 Å². The predicted octanol–water partition coefficient (Wildman–Crippen LogP) is 2.39. The number of hydrogen-bond acceptors (Lipinski definition) is 6. The van der Waals surface area contributed by atoms with Crippen LogP contribution in [0.5, 0.6) is 5.88 Å². The van der Waals surface area contributed by atoms with Crippen molar-refractivity contribution in [3.63, 3.8) is 0 Å². The molecule has 1 saturated heterocycles. The standard InChI is InChI=1S/C22H28N4O4S.CH4/c1-29-17-11-25(12-17)16-10-26-22(30-13-16)20(9-23-26)31(27,28)24-21-18-6-2-4-14(18)8-15-5-3-7-19(15)21;/h8-9,16-17,24H,2-7,10-13H2,1H3;1H4. The molecule has 1 aromatic carbocycles. The summed E-state index contributed by atoms with van der Waals surface area (Å²) in [5, 5.41) is 4.35. The first-order valence-corrected chi connectivity index (χ1v) is 12.7. The molecule has 8 nitrogen and oxygen atoms in total. The molecule has 9 heteroatoms. The summed E-state index contributed by atoms with van der Waals surface area (Å²) >= 11 is 0. The fourth-order valence-corrected chi connectivity index (χ4v) is 6.72. The molecule has 1 aromatic heterocycles. The van der Waals surface area contributed by atoms with E-state index in [1.165, 1.54) is 28.5 Å². The summed E-state index contributed by atoms with van der Waals surface area (Å²) in [6.45, 7) is 2.83. The van der Waals surface area contributed by atoms with Crippen LogP contribution in [0.4, 0.5) is 5.69 Å². The molecule has 174 valence electrons. The summed E-state index contributed by atoms with van der Waals surface area (Å²) < 4.78 is 42.8. The SMILES string of the molecule is C.COC1CN(C2COc3c(S(=O)(=O)Nc4c5c(cc6c4CCC6)CCC5)cnn3C2)C1. The Morgan fingerprint density at radius 3 is 2.44 bits per heavy atom. The molecule has 2 aliphatic heterocycles. The quantitative estimate of drug-likeness (QED) is 0.738. The lowest BCUT2D eigenvalue weighted by Gasteiger charge is -2.44. The van der Waals surface area contributed by atoms with E-state index in [0.29, 0.717) is 19.0 Å². The number of fused-ring (bicyclic) bond motifs is 3. The van der Waals surface area contributed by atoms with Crippen LogP contribution in [0.2, 0.25) is 0 Å². The number of aryl methyl sites for hydroxylation is 2. The number of methoxy groups -OCH3 is 1. The molecule has 0 spiro atoms. The number of rotatable bonds is 5. The van der Waals surface area contributed by atoms with Gasteiger partial charge < -0.3 is 9.47 Å². The van der Waals surface area contributed by atoms with Crippen molar-refractivity contribution in [3.8, 4) is 5.88 Å². The predicted molar refractivity (Wildman–Crippen MR) is 122 cm³/mol. The van der Waals surface area contributed by atoms with Gasteiger partial charge in [-0.05, 0) is 60.8 Å². The number of anilines is 1. The highest BCUT2D eigenvalue weighted by molar-refractivity contribution is 7.92. The zero-order chi connectivity index (χ0) is 21.2. The van der Waals surface area contributed by atoms with Gasteiger partial charge in [0.1, 0.15) is 6.61 Å². The van der Waals surface area contributed by atoms with Crippen molar-refractivity contribution < 1.29 is 17.9 Å². The summed E-state index contributed by atoms with van der Waals surface area (Å²) in [4.78, 5) is 2.42. The Balaban J connectivity index is 0.00000216. The van der Waals surface area contributed by atoms with Gasteiger partial charge in [-0.2, -0.15) is 5.10 Å². The lowest BCUT2D eigenvalue weighted by molar-refractivity contribution is -0.0687. The number of nitrogens with zero attached hydrogens (tertiary/aromatic N) is 3.